The third-order valence-electron chi connectivity index (χ3n) is 0.788. The highest BCUT2D eigenvalue weighted by atomic mass is 28.2. The standard InChI is InChI=1S/C4H12O3Si/c5-3-1-2-4-7-8-6/h5-6H,1-4,8H2. The molecule has 0 spiro atoms. The van der Waals surface area contributed by atoms with Gasteiger partial charge in [0.25, 0.3) is 0 Å². The van der Waals surface area contributed by atoms with Crippen molar-refractivity contribution in [2.24, 2.45) is 0 Å². The quantitative estimate of drug-likeness (QED) is 0.367. The summed E-state index contributed by atoms with van der Waals surface area (Å²) < 4.78 is 4.72. The van der Waals surface area contributed by atoms with E-state index >= 15 is 0 Å². The molecule has 0 unspecified atom stereocenters. The van der Waals surface area contributed by atoms with Gasteiger partial charge in [0.05, 0.1) is 0 Å². The fourth-order valence-electron chi connectivity index (χ4n) is 0.380. The molecule has 0 saturated heterocycles. The maximum Gasteiger partial charge on any atom is 0.301 e. The third-order valence-corrected chi connectivity index (χ3v) is 1.26. The number of unbranched alkanes of at least 4 members (excludes halogenated alkanes) is 1. The van der Waals surface area contributed by atoms with E-state index in [9.17, 15) is 0 Å². The Labute approximate surface area is 51.4 Å². The Morgan fingerprint density at radius 1 is 1.38 bits per heavy atom. The number of aliphatic hydroxyl groups excluding tert-OH is 1. The molecule has 0 heterocycles. The van der Waals surface area contributed by atoms with Crippen molar-refractivity contribution in [2.45, 2.75) is 12.8 Å². The van der Waals surface area contributed by atoms with Gasteiger partial charge in [-0.2, -0.15) is 0 Å². The minimum Gasteiger partial charge on any atom is -0.415 e. The van der Waals surface area contributed by atoms with E-state index in [1.807, 2.05) is 0 Å². The van der Waals surface area contributed by atoms with E-state index < -0.39 is 10.0 Å². The molecule has 2 N–H and O–H groups in total. The van der Waals surface area contributed by atoms with Gasteiger partial charge in [0.15, 0.2) is 0 Å². The Balaban J connectivity index is 2.53. The molecule has 0 aromatic rings. The Hall–Kier alpha value is 0.0969. The Morgan fingerprint density at radius 2 is 2.12 bits per heavy atom. The fourth-order valence-corrected chi connectivity index (χ4v) is 0.714. The first-order valence-electron chi connectivity index (χ1n) is 2.71. The monoisotopic (exact) mass is 136 g/mol. The second-order valence-electron chi connectivity index (χ2n) is 1.47. The molecule has 0 aromatic heterocycles. The molecular weight excluding hydrogens is 124 g/mol. The van der Waals surface area contributed by atoms with Gasteiger partial charge in [0.1, 0.15) is 0 Å². The second-order valence-corrected chi connectivity index (χ2v) is 2.13. The predicted molar refractivity (Wildman–Crippen MR) is 33.0 cm³/mol. The Morgan fingerprint density at radius 3 is 2.62 bits per heavy atom. The maximum absolute atomic E-state index is 8.26. The first-order valence-corrected chi connectivity index (χ1v) is 3.92. The van der Waals surface area contributed by atoms with Gasteiger partial charge < -0.3 is 14.3 Å². The van der Waals surface area contributed by atoms with Crippen LogP contribution in [-0.2, 0) is 4.43 Å². The minimum atomic E-state index is -1.20. The summed E-state index contributed by atoms with van der Waals surface area (Å²) in [4.78, 5) is 8.22. The molecule has 3 nitrogen and oxygen atoms in total. The lowest BCUT2D eigenvalue weighted by Crippen LogP contribution is -1.99. The van der Waals surface area contributed by atoms with Crippen LogP contribution in [0.15, 0.2) is 0 Å². The molecule has 50 valence electrons. The molecule has 0 amide bonds. The Bertz CT molecular complexity index is 36.3. The van der Waals surface area contributed by atoms with Gasteiger partial charge in [-0.25, -0.2) is 0 Å². The molecule has 8 heavy (non-hydrogen) atoms. The van der Waals surface area contributed by atoms with Gasteiger partial charge in [-0.15, -0.1) is 0 Å². The summed E-state index contributed by atoms with van der Waals surface area (Å²) in [5.74, 6) is 0. The average molecular weight is 136 g/mol. The van der Waals surface area contributed by atoms with E-state index in [1.54, 1.807) is 0 Å². The highest BCUT2D eigenvalue weighted by Crippen LogP contribution is 1.85. The van der Waals surface area contributed by atoms with E-state index in [0.29, 0.717) is 6.61 Å². The molecular formula is C4H12O3Si. The topological polar surface area (TPSA) is 49.7 Å². The molecule has 0 atom stereocenters. The molecule has 0 bridgehead atoms. The number of rotatable bonds is 5. The first-order chi connectivity index (χ1) is 3.91. The van der Waals surface area contributed by atoms with Crippen molar-refractivity contribution >= 4 is 10.0 Å². The van der Waals surface area contributed by atoms with Crippen molar-refractivity contribution in [1.82, 2.24) is 0 Å². The van der Waals surface area contributed by atoms with Crippen molar-refractivity contribution in [3.8, 4) is 0 Å². The average Bonchev–Trinajstić information content (AvgIpc) is 1.81. The molecule has 0 rings (SSSR count). The van der Waals surface area contributed by atoms with E-state index in [0.717, 1.165) is 12.8 Å². The lowest BCUT2D eigenvalue weighted by Gasteiger charge is -1.95. The summed E-state index contributed by atoms with van der Waals surface area (Å²) >= 11 is 0. The van der Waals surface area contributed by atoms with Crippen LogP contribution in [0.2, 0.25) is 0 Å². The van der Waals surface area contributed by atoms with Crippen LogP contribution in [-0.4, -0.2) is 33.1 Å². The predicted octanol–water partition coefficient (Wildman–Crippen LogP) is -1.23. The van der Waals surface area contributed by atoms with Crippen LogP contribution in [0.25, 0.3) is 0 Å². The number of hydrogen-bond donors (Lipinski definition) is 2. The lowest BCUT2D eigenvalue weighted by atomic mass is 10.3. The SMILES string of the molecule is OCCCCO[SiH2]O. The summed E-state index contributed by atoms with van der Waals surface area (Å²) in [6.45, 7) is 0.819. The minimum absolute atomic E-state index is 0.219. The molecule has 0 fully saturated rings. The summed E-state index contributed by atoms with van der Waals surface area (Å²) in [7, 11) is -1.20. The summed E-state index contributed by atoms with van der Waals surface area (Å²) in [6.07, 6.45) is 1.62. The molecule has 0 radical (unpaired) electrons. The van der Waals surface area contributed by atoms with Crippen LogP contribution in [0.5, 0.6) is 0 Å². The van der Waals surface area contributed by atoms with Gasteiger partial charge in [-0.1, -0.05) is 0 Å². The number of hydrogen-bond acceptors (Lipinski definition) is 3. The van der Waals surface area contributed by atoms with Gasteiger partial charge in [-0.05, 0) is 12.8 Å². The Kier molecular flexibility index (Phi) is 7.18. The van der Waals surface area contributed by atoms with E-state index in [-0.39, 0.29) is 6.61 Å². The van der Waals surface area contributed by atoms with Gasteiger partial charge in [0, 0.05) is 13.2 Å². The fraction of sp³-hybridized carbons (Fsp3) is 1.00. The second kappa shape index (κ2) is 7.10. The summed E-state index contributed by atoms with van der Waals surface area (Å²) in [5, 5.41) is 8.26. The van der Waals surface area contributed by atoms with Crippen molar-refractivity contribution in [3.63, 3.8) is 0 Å². The zero-order valence-corrected chi connectivity index (χ0v) is 6.25. The first kappa shape index (κ1) is 8.10. The van der Waals surface area contributed by atoms with Gasteiger partial charge in [-0.3, -0.25) is 0 Å². The van der Waals surface area contributed by atoms with Crippen LogP contribution in [0.4, 0.5) is 0 Å². The smallest absolute Gasteiger partial charge is 0.301 e. The largest absolute Gasteiger partial charge is 0.415 e. The zero-order valence-electron chi connectivity index (χ0n) is 4.84. The molecule has 0 aliphatic rings. The number of aliphatic hydroxyl groups is 1. The van der Waals surface area contributed by atoms with Crippen LogP contribution >= 0.6 is 0 Å². The highest BCUT2D eigenvalue weighted by Gasteiger charge is 1.84. The van der Waals surface area contributed by atoms with Crippen LogP contribution in [0.3, 0.4) is 0 Å². The molecule has 4 heteroatoms. The van der Waals surface area contributed by atoms with E-state index in [1.165, 1.54) is 0 Å². The molecule has 0 saturated carbocycles. The third kappa shape index (κ3) is 6.10. The van der Waals surface area contributed by atoms with Crippen molar-refractivity contribution in [3.05, 3.63) is 0 Å². The maximum atomic E-state index is 8.26. The lowest BCUT2D eigenvalue weighted by molar-refractivity contribution is 0.241. The van der Waals surface area contributed by atoms with E-state index in [4.69, 9.17) is 14.3 Å². The molecule has 0 aliphatic heterocycles. The summed E-state index contributed by atoms with van der Waals surface area (Å²) in [6, 6.07) is 0. The van der Waals surface area contributed by atoms with Gasteiger partial charge in [0.2, 0.25) is 0 Å². The molecule has 0 aromatic carbocycles. The van der Waals surface area contributed by atoms with E-state index in [2.05, 4.69) is 0 Å². The highest BCUT2D eigenvalue weighted by molar-refractivity contribution is 6.15. The van der Waals surface area contributed by atoms with Gasteiger partial charge >= 0.3 is 10.0 Å². The molecule has 0 aliphatic carbocycles. The van der Waals surface area contributed by atoms with Crippen molar-refractivity contribution < 1.29 is 14.3 Å². The summed E-state index contributed by atoms with van der Waals surface area (Å²) in [5.41, 5.74) is 0. The van der Waals surface area contributed by atoms with Crippen LogP contribution in [0.1, 0.15) is 12.8 Å². The zero-order chi connectivity index (χ0) is 6.24. The van der Waals surface area contributed by atoms with Crippen molar-refractivity contribution in [1.29, 1.82) is 0 Å². The normalized spacial score (nSPS) is 11.2. The van der Waals surface area contributed by atoms with Crippen LogP contribution < -0.4 is 0 Å². The van der Waals surface area contributed by atoms with Crippen molar-refractivity contribution in [2.75, 3.05) is 13.2 Å². The van der Waals surface area contributed by atoms with Crippen LogP contribution in [0, 0.1) is 0 Å².